The second kappa shape index (κ2) is 4.22. The van der Waals surface area contributed by atoms with Crippen molar-refractivity contribution in [1.82, 2.24) is 0 Å². The second-order valence-electron chi connectivity index (χ2n) is 6.68. The Balaban J connectivity index is 2.29. The van der Waals surface area contributed by atoms with Crippen molar-refractivity contribution in [2.24, 2.45) is 0 Å². The molecule has 1 atom stereocenters. The van der Waals surface area contributed by atoms with Crippen molar-refractivity contribution >= 4 is 17.4 Å². The fraction of sp³-hybridized carbons (Fsp3) is 0.571. The summed E-state index contributed by atoms with van der Waals surface area (Å²) in [5.74, 6) is 0. The molecule has 0 N–H and O–H groups in total. The van der Waals surface area contributed by atoms with Crippen LogP contribution in [0.4, 0.5) is 0 Å². The Labute approximate surface area is 114 Å². The molecule has 1 aliphatic rings. The second-order valence-corrected chi connectivity index (χ2v) is 8.75. The maximum absolute atomic E-state index is 6.20. The van der Waals surface area contributed by atoms with Gasteiger partial charge in [-0.15, -0.1) is 0 Å². The first kappa shape index (κ1) is 13.8. The van der Waals surface area contributed by atoms with E-state index in [-0.39, 0.29) is 23.3 Å². The standard InChI is InChI=1S/C14H23BO2Si/c1-12(2)13(3,4)17-15(16-12)14(5,18)11-9-7-6-8-10-11/h6-10H,1-5,18H3. The van der Waals surface area contributed by atoms with Crippen LogP contribution >= 0.6 is 0 Å². The van der Waals surface area contributed by atoms with Gasteiger partial charge in [0.1, 0.15) is 0 Å². The van der Waals surface area contributed by atoms with Gasteiger partial charge >= 0.3 is 7.12 Å². The Morgan fingerprint density at radius 3 is 1.89 bits per heavy atom. The lowest BCUT2D eigenvalue weighted by atomic mass is 9.68. The summed E-state index contributed by atoms with van der Waals surface area (Å²) in [6.45, 7) is 10.7. The van der Waals surface area contributed by atoms with Crippen molar-refractivity contribution < 1.29 is 9.31 Å². The average molecular weight is 262 g/mol. The molecular formula is C14H23BO2Si. The van der Waals surface area contributed by atoms with Gasteiger partial charge in [0, 0.05) is 15.2 Å². The summed E-state index contributed by atoms with van der Waals surface area (Å²) < 4.78 is 12.4. The molecule has 1 fully saturated rings. The van der Waals surface area contributed by atoms with Crippen LogP contribution in [0, 0.1) is 0 Å². The Morgan fingerprint density at radius 2 is 1.44 bits per heavy atom. The van der Waals surface area contributed by atoms with Crippen molar-refractivity contribution in [3.63, 3.8) is 0 Å². The molecule has 2 nitrogen and oxygen atoms in total. The van der Waals surface area contributed by atoms with Gasteiger partial charge < -0.3 is 9.31 Å². The predicted molar refractivity (Wildman–Crippen MR) is 79.8 cm³/mol. The van der Waals surface area contributed by atoms with Crippen LogP contribution in [0.15, 0.2) is 30.3 Å². The van der Waals surface area contributed by atoms with Crippen LogP contribution in [0.1, 0.15) is 40.2 Å². The average Bonchev–Trinajstić information content (AvgIpc) is 2.50. The van der Waals surface area contributed by atoms with Crippen molar-refractivity contribution in [2.75, 3.05) is 0 Å². The van der Waals surface area contributed by atoms with Gasteiger partial charge in [-0.3, -0.25) is 0 Å². The van der Waals surface area contributed by atoms with Gasteiger partial charge in [0.05, 0.1) is 11.2 Å². The van der Waals surface area contributed by atoms with Gasteiger partial charge in [0.2, 0.25) is 0 Å². The first-order valence-electron chi connectivity index (χ1n) is 6.58. The first-order valence-corrected chi connectivity index (χ1v) is 7.58. The lowest BCUT2D eigenvalue weighted by molar-refractivity contribution is 0.00578. The maximum atomic E-state index is 6.20. The summed E-state index contributed by atoms with van der Waals surface area (Å²) in [4.78, 5) is -0.0215. The molecule has 0 radical (unpaired) electrons. The fourth-order valence-corrected chi connectivity index (χ4v) is 2.71. The SMILES string of the molecule is CC([SiH3])(B1OC(C)(C)C(C)(C)O1)c1ccccc1. The van der Waals surface area contributed by atoms with Crippen molar-refractivity contribution in [3.8, 4) is 0 Å². The topological polar surface area (TPSA) is 18.5 Å². The summed E-state index contributed by atoms with van der Waals surface area (Å²) in [6.07, 6.45) is 0. The van der Waals surface area contributed by atoms with Gasteiger partial charge in [-0.2, -0.15) is 0 Å². The molecule has 2 rings (SSSR count). The Hall–Kier alpha value is -0.578. The highest BCUT2D eigenvalue weighted by atomic mass is 28.1. The molecule has 98 valence electrons. The van der Waals surface area contributed by atoms with Crippen LogP contribution < -0.4 is 0 Å². The van der Waals surface area contributed by atoms with E-state index in [0.717, 1.165) is 10.2 Å². The van der Waals surface area contributed by atoms with Crippen LogP contribution in [-0.4, -0.2) is 28.6 Å². The molecule has 0 aliphatic carbocycles. The van der Waals surface area contributed by atoms with E-state index in [2.05, 4.69) is 58.9 Å². The van der Waals surface area contributed by atoms with Crippen molar-refractivity contribution in [3.05, 3.63) is 35.9 Å². The maximum Gasteiger partial charge on any atom is 0.465 e. The van der Waals surface area contributed by atoms with Crippen LogP contribution in [0.2, 0.25) is 0 Å². The van der Waals surface area contributed by atoms with Gasteiger partial charge in [0.25, 0.3) is 0 Å². The van der Waals surface area contributed by atoms with E-state index in [9.17, 15) is 0 Å². The summed E-state index contributed by atoms with van der Waals surface area (Å²) in [7, 11) is 0.831. The fourth-order valence-electron chi connectivity index (χ4n) is 2.14. The van der Waals surface area contributed by atoms with Crippen molar-refractivity contribution in [2.45, 2.75) is 50.8 Å². The van der Waals surface area contributed by atoms with E-state index < -0.39 is 0 Å². The third-order valence-electron chi connectivity index (χ3n) is 4.36. The molecular weight excluding hydrogens is 239 g/mol. The molecule has 1 heterocycles. The molecule has 4 heteroatoms. The first-order chi connectivity index (χ1) is 8.17. The van der Waals surface area contributed by atoms with Gasteiger partial charge in [0.15, 0.2) is 0 Å². The van der Waals surface area contributed by atoms with E-state index >= 15 is 0 Å². The third kappa shape index (κ3) is 2.17. The minimum atomic E-state index is -0.252. The van der Waals surface area contributed by atoms with E-state index in [0.29, 0.717) is 0 Å². The molecule has 1 saturated heterocycles. The number of hydrogen-bond acceptors (Lipinski definition) is 2. The highest BCUT2D eigenvalue weighted by Crippen LogP contribution is 2.41. The lowest BCUT2D eigenvalue weighted by Crippen LogP contribution is -2.44. The Morgan fingerprint density at radius 1 is 1.00 bits per heavy atom. The van der Waals surface area contributed by atoms with Gasteiger partial charge in [-0.05, 0) is 33.3 Å². The van der Waals surface area contributed by atoms with Gasteiger partial charge in [-0.1, -0.05) is 37.3 Å². The molecule has 0 spiro atoms. The number of hydrogen-bond donors (Lipinski definition) is 0. The van der Waals surface area contributed by atoms with Crippen LogP contribution in [-0.2, 0) is 14.2 Å². The molecule has 0 bridgehead atoms. The zero-order valence-corrected chi connectivity index (χ0v) is 14.3. The molecule has 1 unspecified atom stereocenters. The van der Waals surface area contributed by atoms with E-state index in [4.69, 9.17) is 9.31 Å². The number of benzene rings is 1. The summed E-state index contributed by atoms with van der Waals surface area (Å²) in [5.41, 5.74) is 0.797. The highest BCUT2D eigenvalue weighted by molar-refractivity contribution is 6.60. The normalized spacial score (nSPS) is 25.1. The molecule has 0 saturated carbocycles. The van der Waals surface area contributed by atoms with Crippen LogP contribution in [0.3, 0.4) is 0 Å². The smallest absolute Gasteiger partial charge is 0.403 e. The van der Waals surface area contributed by atoms with Crippen molar-refractivity contribution in [1.29, 1.82) is 0 Å². The lowest BCUT2D eigenvalue weighted by Gasteiger charge is -2.32. The highest BCUT2D eigenvalue weighted by Gasteiger charge is 2.56. The molecule has 0 amide bonds. The molecule has 1 aromatic carbocycles. The summed E-state index contributed by atoms with van der Waals surface area (Å²) >= 11 is 0. The van der Waals surface area contributed by atoms with E-state index in [1.165, 1.54) is 5.56 Å². The Bertz CT molecular complexity index is 413. The number of rotatable bonds is 2. The molecule has 0 aromatic heterocycles. The summed E-state index contributed by atoms with van der Waals surface area (Å²) in [5, 5.41) is 0. The van der Waals surface area contributed by atoms with Crippen LogP contribution in [0.5, 0.6) is 0 Å². The predicted octanol–water partition coefficient (Wildman–Crippen LogP) is 1.90. The minimum absolute atomic E-state index is 0.0215. The quantitative estimate of drug-likeness (QED) is 0.758. The van der Waals surface area contributed by atoms with E-state index in [1.807, 2.05) is 6.07 Å². The molecule has 1 aromatic rings. The zero-order valence-electron chi connectivity index (χ0n) is 12.3. The molecule has 18 heavy (non-hydrogen) atoms. The molecule has 1 aliphatic heterocycles. The van der Waals surface area contributed by atoms with Gasteiger partial charge in [-0.25, -0.2) is 0 Å². The minimum Gasteiger partial charge on any atom is -0.403 e. The summed E-state index contributed by atoms with van der Waals surface area (Å²) in [6, 6.07) is 10.5. The monoisotopic (exact) mass is 262 g/mol. The third-order valence-corrected chi connectivity index (χ3v) is 5.41. The zero-order chi connectivity index (χ0) is 13.6. The van der Waals surface area contributed by atoms with E-state index in [1.54, 1.807) is 0 Å². The largest absolute Gasteiger partial charge is 0.465 e. The Kier molecular flexibility index (Phi) is 3.25. The van der Waals surface area contributed by atoms with Crippen LogP contribution in [0.25, 0.3) is 0 Å².